The fraction of sp³-hybridized carbons (Fsp3) is 0.782. The summed E-state index contributed by atoms with van der Waals surface area (Å²) in [5.41, 5.74) is 0.680. The van der Waals surface area contributed by atoms with Gasteiger partial charge in [-0.15, -0.1) is 0 Å². The maximum absolute atomic E-state index is 14.9. The van der Waals surface area contributed by atoms with Crippen LogP contribution in [0.1, 0.15) is 242 Å². The predicted octanol–water partition coefficient (Wildman–Crippen LogP) is 5.35. The lowest BCUT2D eigenvalue weighted by Gasteiger charge is -2.39. The number of carbonyl (C=O) groups excluding carboxylic acids is 16. The molecular weight excluding hydrogens is 1950 g/mol. The van der Waals surface area contributed by atoms with Crippen molar-refractivity contribution < 1.29 is 195 Å². The molecule has 3 fully saturated rings. The monoisotopic (exact) mass is 2120 g/mol. The van der Waals surface area contributed by atoms with E-state index in [-0.39, 0.29) is 235 Å². The third-order valence-corrected chi connectivity index (χ3v) is 22.5. The summed E-state index contributed by atoms with van der Waals surface area (Å²) in [5, 5.41) is 16.9. The minimum absolute atomic E-state index is 0.00347. The van der Waals surface area contributed by atoms with E-state index in [1.54, 1.807) is 24.3 Å². The number of amides is 6. The first-order valence-electron chi connectivity index (χ1n) is 51.6. The van der Waals surface area contributed by atoms with Crippen molar-refractivity contribution in [2.75, 3.05) is 178 Å². The standard InChI is InChI=1S/C101H164N6O41/c1-11-12-13-14-15-16-17-18-19-20-21-22-26-38-89(117)102-39-32-29-37-82(101(123)139-63-79-33-24-23-25-34-79)107-100(122)81(36-28-31-41-104-91(119)68-131-52-49-125-43-46-128-55-58-134-94-61-84(141-74(6)112)97(144-77(9)115)87(147-94)65-137-71(3)109)106-99(121)80(105-92(120)69-132-53-50-126-44-47-129-56-59-135-95-62-85(142-75(7)113)98(145-78(10)116)88(148-95)66-138-72(4)110)35-27-30-40-103-90(118)67-130-51-48-124-42-45-127-54-57-133-93-60-83(140-73(5)111)96(143-76(8)114)86(146-93)64-136-70(2)108/h23-25,33-34,80-88,93-98H,11-22,26-32,35-69H2,1-10H3,(H,102,117)(H,103,118)(H,104,119)(H,105,120)(H,106,121)(H,107,122)/t80-,81-,82-,83+,84+,85+,86+,87+,88+,93+,94+,95+,96+,97+,98+/m0/s1. The van der Waals surface area contributed by atoms with E-state index in [1.807, 2.05) is 6.07 Å². The van der Waals surface area contributed by atoms with Gasteiger partial charge < -0.3 is 150 Å². The molecule has 0 aliphatic carbocycles. The fourth-order valence-electron chi connectivity index (χ4n) is 15.5. The van der Waals surface area contributed by atoms with E-state index in [0.29, 0.717) is 37.8 Å². The van der Waals surface area contributed by atoms with E-state index >= 15 is 0 Å². The van der Waals surface area contributed by atoms with Crippen LogP contribution in [0.4, 0.5) is 0 Å². The molecule has 6 amide bonds. The minimum Gasteiger partial charge on any atom is -0.463 e. The second-order valence-electron chi connectivity index (χ2n) is 35.4. The number of hydrogen-bond acceptors (Lipinski definition) is 41. The van der Waals surface area contributed by atoms with E-state index in [2.05, 4.69) is 38.8 Å². The number of unbranched alkanes of at least 4 members (excludes halogenated alkanes) is 15. The summed E-state index contributed by atoms with van der Waals surface area (Å²) >= 11 is 0. The number of nitrogens with one attached hydrogen (secondary N) is 6. The highest BCUT2D eigenvalue weighted by Gasteiger charge is 2.48. The van der Waals surface area contributed by atoms with Crippen LogP contribution in [0.25, 0.3) is 0 Å². The molecule has 6 N–H and O–H groups in total. The smallest absolute Gasteiger partial charge is 0.328 e. The lowest BCUT2D eigenvalue weighted by Crippen LogP contribution is -2.56. The maximum Gasteiger partial charge on any atom is 0.328 e. The predicted molar refractivity (Wildman–Crippen MR) is 521 cm³/mol. The number of hydrogen-bond donors (Lipinski definition) is 6. The molecule has 3 aliphatic rings. The summed E-state index contributed by atoms with van der Waals surface area (Å²) in [6, 6.07) is 5.01. The molecular formula is C101H164N6O41. The Morgan fingerprint density at radius 2 is 0.588 bits per heavy atom. The van der Waals surface area contributed by atoms with Crippen LogP contribution in [0.2, 0.25) is 0 Å². The van der Waals surface area contributed by atoms with Gasteiger partial charge in [0.05, 0.1) is 119 Å². The van der Waals surface area contributed by atoms with Crippen molar-refractivity contribution in [1.82, 2.24) is 31.9 Å². The minimum atomic E-state index is -1.36. The first-order chi connectivity index (χ1) is 71.3. The van der Waals surface area contributed by atoms with Crippen LogP contribution in [0, 0.1) is 0 Å². The van der Waals surface area contributed by atoms with Gasteiger partial charge in [0.15, 0.2) is 37.2 Å². The fourth-order valence-corrected chi connectivity index (χ4v) is 15.5. The van der Waals surface area contributed by atoms with Gasteiger partial charge in [0.1, 0.15) is 101 Å². The number of esters is 10. The zero-order valence-corrected chi connectivity index (χ0v) is 88.0. The molecule has 0 bridgehead atoms. The van der Waals surface area contributed by atoms with Gasteiger partial charge in [0.25, 0.3) is 0 Å². The molecule has 15 atom stereocenters. The van der Waals surface area contributed by atoms with E-state index in [0.717, 1.165) is 25.7 Å². The highest BCUT2D eigenvalue weighted by atomic mass is 16.7. The van der Waals surface area contributed by atoms with Crippen LogP contribution in [0.15, 0.2) is 30.3 Å². The quantitative estimate of drug-likeness (QED) is 0.0272. The van der Waals surface area contributed by atoms with E-state index in [4.69, 9.17) is 118 Å². The Balaban J connectivity index is 1.40. The summed E-state index contributed by atoms with van der Waals surface area (Å²) in [6.45, 7) is 12.6. The third kappa shape index (κ3) is 65.3. The number of rotatable bonds is 85. The average Bonchev–Trinajstić information content (AvgIpc) is 0.822. The van der Waals surface area contributed by atoms with Crippen molar-refractivity contribution >= 4 is 95.1 Å². The molecule has 3 heterocycles. The van der Waals surface area contributed by atoms with Gasteiger partial charge in [-0.3, -0.25) is 71.9 Å². The van der Waals surface area contributed by atoms with Crippen molar-refractivity contribution in [2.24, 2.45) is 0 Å². The topological polar surface area (TPSA) is 576 Å². The Morgan fingerprint density at radius 3 is 0.919 bits per heavy atom. The zero-order chi connectivity index (χ0) is 108. The van der Waals surface area contributed by atoms with Crippen LogP contribution in [0.5, 0.6) is 0 Å². The highest BCUT2D eigenvalue weighted by molar-refractivity contribution is 5.94. The summed E-state index contributed by atoms with van der Waals surface area (Å²) in [5.74, 6) is -9.76. The molecule has 0 spiro atoms. The average molecular weight is 2120 g/mol. The van der Waals surface area contributed by atoms with Crippen LogP contribution in [-0.2, 0) is 202 Å². The molecule has 3 aliphatic heterocycles. The van der Waals surface area contributed by atoms with Gasteiger partial charge in [-0.05, 0) is 69.8 Å². The Labute approximate surface area is 867 Å². The summed E-state index contributed by atoms with van der Waals surface area (Å²) in [4.78, 5) is 203. The Morgan fingerprint density at radius 1 is 0.297 bits per heavy atom. The highest BCUT2D eigenvalue weighted by Crippen LogP contribution is 2.31. The van der Waals surface area contributed by atoms with Gasteiger partial charge in [0, 0.05) is 108 Å². The lowest BCUT2D eigenvalue weighted by atomic mass is 10.0. The normalized spacial score (nSPS) is 19.6. The second kappa shape index (κ2) is 81.9. The SMILES string of the molecule is CCCCCCCCCCCCCCCC(=O)NCCCC[C@H](NC(=O)[C@H](CCCCNC(=O)COCCOCCOCCO[C@H]1C[C@@H](OC(C)=O)[C@@H](OC(C)=O)[C@@H](COC(C)=O)O1)NC(=O)[C@H](CCCCNC(=O)COCCOCCOCCO[C@H]1C[C@@H](OC(C)=O)[C@@H](OC(C)=O)[C@@H](COC(C)=O)O1)NC(=O)COCCOCCOCCO[C@H]1C[C@@H](OC(C)=O)[C@@H](OC(C)=O)[C@@H](COC(C)=O)O1)C(=O)OCc1ccccc1. The molecule has 844 valence electrons. The van der Waals surface area contributed by atoms with Crippen LogP contribution < -0.4 is 31.9 Å². The van der Waals surface area contributed by atoms with Crippen molar-refractivity contribution in [3.8, 4) is 0 Å². The zero-order valence-electron chi connectivity index (χ0n) is 88.0. The van der Waals surface area contributed by atoms with Gasteiger partial charge in [-0.2, -0.15) is 0 Å². The van der Waals surface area contributed by atoms with Gasteiger partial charge >= 0.3 is 59.7 Å². The summed E-state index contributed by atoms with van der Waals surface area (Å²) in [6.07, 6.45) is 5.59. The summed E-state index contributed by atoms with van der Waals surface area (Å²) in [7, 11) is 0. The van der Waals surface area contributed by atoms with Crippen LogP contribution >= 0.6 is 0 Å². The molecule has 47 nitrogen and oxygen atoms in total. The van der Waals surface area contributed by atoms with Crippen molar-refractivity contribution in [1.29, 1.82) is 0 Å². The Bertz CT molecular complexity index is 3950. The van der Waals surface area contributed by atoms with Gasteiger partial charge in [-0.1, -0.05) is 114 Å². The third-order valence-electron chi connectivity index (χ3n) is 22.5. The first kappa shape index (κ1) is 130. The van der Waals surface area contributed by atoms with Crippen molar-refractivity contribution in [3.05, 3.63) is 35.9 Å². The van der Waals surface area contributed by atoms with Gasteiger partial charge in [-0.25, -0.2) is 4.79 Å². The molecule has 1 aromatic carbocycles. The number of benzene rings is 1. The van der Waals surface area contributed by atoms with Crippen LogP contribution in [0.3, 0.4) is 0 Å². The van der Waals surface area contributed by atoms with Gasteiger partial charge in [0.2, 0.25) is 35.4 Å². The largest absolute Gasteiger partial charge is 0.463 e. The Hall–Kier alpha value is -9.86. The maximum atomic E-state index is 14.9. The molecule has 0 saturated carbocycles. The summed E-state index contributed by atoms with van der Waals surface area (Å²) < 4.78 is 139. The molecule has 0 unspecified atom stereocenters. The van der Waals surface area contributed by atoms with Crippen molar-refractivity contribution in [2.45, 2.75) is 335 Å². The molecule has 0 aromatic heterocycles. The molecule has 3 saturated heterocycles. The molecule has 47 heteroatoms. The van der Waals surface area contributed by atoms with Crippen LogP contribution in [-0.4, -0.2) is 365 Å². The molecule has 1 aromatic rings. The molecule has 0 radical (unpaired) electrons. The van der Waals surface area contributed by atoms with E-state index in [9.17, 15) is 76.7 Å². The van der Waals surface area contributed by atoms with E-state index < -0.39 is 188 Å². The number of ether oxygens (including phenoxy) is 25. The Kier molecular flexibility index (Phi) is 72.2. The number of carbonyl (C=O) groups is 16. The molecule has 4 rings (SSSR count). The van der Waals surface area contributed by atoms with E-state index in [1.165, 1.54) is 120 Å². The molecule has 148 heavy (non-hydrogen) atoms. The van der Waals surface area contributed by atoms with Crippen molar-refractivity contribution in [3.63, 3.8) is 0 Å². The first-order valence-corrected chi connectivity index (χ1v) is 51.6. The lowest BCUT2D eigenvalue weighted by molar-refractivity contribution is -0.267. The second-order valence-corrected chi connectivity index (χ2v) is 35.4.